The molecule has 90 valence electrons. The summed E-state index contributed by atoms with van der Waals surface area (Å²) in [6, 6.07) is 9.59. The summed E-state index contributed by atoms with van der Waals surface area (Å²) in [7, 11) is 3.29. The number of rotatable bonds is 4. The molecule has 1 heterocycles. The molecular formula is C12H14N2O2S. The summed E-state index contributed by atoms with van der Waals surface area (Å²) in [6.45, 7) is 0.506. The third-order valence-corrected chi connectivity index (χ3v) is 2.70. The monoisotopic (exact) mass is 250 g/mol. The zero-order chi connectivity index (χ0) is 12.3. The van der Waals surface area contributed by atoms with Crippen LogP contribution in [0, 0.1) is 4.64 Å². The molecule has 0 aliphatic rings. The van der Waals surface area contributed by atoms with Crippen LogP contribution in [-0.2, 0) is 11.3 Å². The number of ether oxygens (including phenoxy) is 2. The van der Waals surface area contributed by atoms with Crippen molar-refractivity contribution in [1.82, 2.24) is 9.78 Å². The molecule has 1 N–H and O–H groups in total. The molecule has 2 aromatic rings. The van der Waals surface area contributed by atoms with Crippen LogP contribution < -0.4 is 4.74 Å². The summed E-state index contributed by atoms with van der Waals surface area (Å²) >= 11 is 5.30. The number of H-pyrrole nitrogens is 1. The molecule has 1 aromatic carbocycles. The number of hydrogen-bond donors (Lipinski definition) is 1. The quantitative estimate of drug-likeness (QED) is 0.848. The minimum Gasteiger partial charge on any atom is -0.494 e. The molecule has 0 aliphatic heterocycles. The summed E-state index contributed by atoms with van der Waals surface area (Å²) in [5, 5.41) is 3.18. The van der Waals surface area contributed by atoms with Crippen molar-refractivity contribution in [3.8, 4) is 11.4 Å². The van der Waals surface area contributed by atoms with Gasteiger partial charge in [-0.25, -0.2) is 4.68 Å². The van der Waals surface area contributed by atoms with Gasteiger partial charge in [0.15, 0.2) is 0 Å². The highest BCUT2D eigenvalue weighted by Gasteiger charge is 2.07. The zero-order valence-electron chi connectivity index (χ0n) is 9.77. The van der Waals surface area contributed by atoms with E-state index in [4.69, 9.17) is 21.7 Å². The Morgan fingerprint density at radius 3 is 2.76 bits per heavy atom. The number of benzene rings is 1. The molecule has 0 unspecified atom stereocenters. The van der Waals surface area contributed by atoms with Gasteiger partial charge in [-0.05, 0) is 18.2 Å². The first kappa shape index (κ1) is 11.9. The largest absolute Gasteiger partial charge is 0.494 e. The maximum atomic E-state index is 5.31. The fraction of sp³-hybridized carbons (Fsp3) is 0.250. The van der Waals surface area contributed by atoms with Crippen molar-refractivity contribution in [2.45, 2.75) is 6.61 Å². The average molecular weight is 250 g/mol. The van der Waals surface area contributed by atoms with Crippen LogP contribution in [0.3, 0.4) is 0 Å². The molecule has 1 aromatic heterocycles. The van der Waals surface area contributed by atoms with Crippen LogP contribution in [0.25, 0.3) is 5.69 Å². The van der Waals surface area contributed by atoms with Crippen molar-refractivity contribution in [3.05, 3.63) is 40.7 Å². The molecule has 17 heavy (non-hydrogen) atoms. The predicted molar refractivity (Wildman–Crippen MR) is 68.2 cm³/mol. The van der Waals surface area contributed by atoms with Crippen molar-refractivity contribution in [1.29, 1.82) is 0 Å². The summed E-state index contributed by atoms with van der Waals surface area (Å²) in [4.78, 5) is 0. The molecule has 0 fully saturated rings. The molecule has 0 radical (unpaired) electrons. The third-order valence-electron chi connectivity index (χ3n) is 2.40. The topological polar surface area (TPSA) is 39.2 Å². The molecule has 2 rings (SSSR count). The highest BCUT2D eigenvalue weighted by Crippen LogP contribution is 2.22. The van der Waals surface area contributed by atoms with Gasteiger partial charge < -0.3 is 9.47 Å². The van der Waals surface area contributed by atoms with E-state index >= 15 is 0 Å². The van der Waals surface area contributed by atoms with Gasteiger partial charge >= 0.3 is 0 Å². The first-order valence-electron chi connectivity index (χ1n) is 5.19. The Kier molecular flexibility index (Phi) is 3.61. The molecule has 0 aliphatic carbocycles. The van der Waals surface area contributed by atoms with E-state index in [2.05, 4.69) is 5.10 Å². The Hall–Kier alpha value is -1.59. The smallest absolute Gasteiger partial charge is 0.144 e. The first-order valence-corrected chi connectivity index (χ1v) is 5.60. The average Bonchev–Trinajstić information content (AvgIpc) is 2.70. The van der Waals surface area contributed by atoms with E-state index in [1.807, 2.05) is 35.0 Å². The molecule has 4 nitrogen and oxygen atoms in total. The van der Waals surface area contributed by atoms with Crippen LogP contribution in [0.1, 0.15) is 5.69 Å². The molecule has 0 spiro atoms. The Morgan fingerprint density at radius 1 is 1.29 bits per heavy atom. The van der Waals surface area contributed by atoms with Crippen molar-refractivity contribution >= 4 is 12.2 Å². The standard InChI is InChI=1S/C12H14N2O2S/c1-15-8-9-7-12(17)14(13-9)10-5-3-4-6-11(10)16-2/h3-7,13H,8H2,1-2H3. The molecule has 5 heteroatoms. The number of aromatic nitrogens is 2. The number of aromatic amines is 1. The predicted octanol–water partition coefficient (Wildman–Crippen LogP) is 2.69. The van der Waals surface area contributed by atoms with Crippen LogP contribution in [0.4, 0.5) is 0 Å². The van der Waals surface area contributed by atoms with Gasteiger partial charge in [0.1, 0.15) is 16.1 Å². The Morgan fingerprint density at radius 2 is 2.06 bits per heavy atom. The van der Waals surface area contributed by atoms with E-state index in [0.717, 1.165) is 17.1 Å². The number of methoxy groups -OCH3 is 2. The fourth-order valence-corrected chi connectivity index (χ4v) is 1.95. The molecular weight excluding hydrogens is 236 g/mol. The lowest BCUT2D eigenvalue weighted by Crippen LogP contribution is -2.00. The van der Waals surface area contributed by atoms with E-state index in [1.165, 1.54) is 0 Å². The van der Waals surface area contributed by atoms with E-state index < -0.39 is 0 Å². The molecule has 0 amide bonds. The first-order chi connectivity index (χ1) is 8.26. The number of nitrogens with one attached hydrogen (secondary N) is 1. The van der Waals surface area contributed by atoms with Crippen LogP contribution in [0.15, 0.2) is 30.3 Å². The minimum absolute atomic E-state index is 0.506. The number of para-hydroxylation sites is 2. The Labute approximate surface area is 105 Å². The molecule has 0 bridgehead atoms. The van der Waals surface area contributed by atoms with Gasteiger partial charge in [0, 0.05) is 7.11 Å². The highest BCUT2D eigenvalue weighted by atomic mass is 32.1. The Bertz CT molecular complexity index is 560. The number of hydrogen-bond acceptors (Lipinski definition) is 3. The SMILES string of the molecule is COCc1cc(=S)n(-c2ccccc2OC)[nH]1. The van der Waals surface area contributed by atoms with Gasteiger partial charge in [0.25, 0.3) is 0 Å². The summed E-state index contributed by atoms with van der Waals surface area (Å²) in [5.41, 5.74) is 1.82. The fourth-order valence-electron chi connectivity index (χ4n) is 1.67. The van der Waals surface area contributed by atoms with Crippen molar-refractivity contribution in [2.75, 3.05) is 14.2 Å². The highest BCUT2D eigenvalue weighted by molar-refractivity contribution is 7.71. The van der Waals surface area contributed by atoms with Crippen LogP contribution in [-0.4, -0.2) is 24.0 Å². The third kappa shape index (κ3) is 2.40. The summed E-state index contributed by atoms with van der Waals surface area (Å²) in [6.07, 6.45) is 0. The van der Waals surface area contributed by atoms with E-state index in [0.29, 0.717) is 11.2 Å². The summed E-state index contributed by atoms with van der Waals surface area (Å²) in [5.74, 6) is 0.773. The molecule has 0 atom stereocenters. The van der Waals surface area contributed by atoms with Gasteiger partial charge in [0.05, 0.1) is 19.4 Å². The second kappa shape index (κ2) is 5.16. The van der Waals surface area contributed by atoms with Crippen molar-refractivity contribution < 1.29 is 9.47 Å². The minimum atomic E-state index is 0.506. The van der Waals surface area contributed by atoms with Crippen LogP contribution in [0.5, 0.6) is 5.75 Å². The van der Waals surface area contributed by atoms with Gasteiger partial charge in [0.2, 0.25) is 0 Å². The summed E-state index contributed by atoms with van der Waals surface area (Å²) < 4.78 is 12.9. The van der Waals surface area contributed by atoms with Gasteiger partial charge in [-0.2, -0.15) is 0 Å². The van der Waals surface area contributed by atoms with Gasteiger partial charge in [-0.1, -0.05) is 24.4 Å². The lowest BCUT2D eigenvalue weighted by Gasteiger charge is -2.08. The second-order valence-corrected chi connectivity index (χ2v) is 3.98. The number of nitrogens with zero attached hydrogens (tertiary/aromatic N) is 1. The van der Waals surface area contributed by atoms with Crippen molar-refractivity contribution in [3.63, 3.8) is 0 Å². The van der Waals surface area contributed by atoms with E-state index in [1.54, 1.807) is 14.2 Å². The van der Waals surface area contributed by atoms with E-state index in [9.17, 15) is 0 Å². The van der Waals surface area contributed by atoms with Crippen LogP contribution >= 0.6 is 12.2 Å². The zero-order valence-corrected chi connectivity index (χ0v) is 10.6. The van der Waals surface area contributed by atoms with Crippen LogP contribution in [0.2, 0.25) is 0 Å². The molecule has 0 saturated carbocycles. The van der Waals surface area contributed by atoms with Crippen molar-refractivity contribution in [2.24, 2.45) is 0 Å². The van der Waals surface area contributed by atoms with E-state index in [-0.39, 0.29) is 0 Å². The normalized spacial score (nSPS) is 10.5. The van der Waals surface area contributed by atoms with Gasteiger partial charge in [-0.15, -0.1) is 0 Å². The Balaban J connectivity index is 2.49. The lowest BCUT2D eigenvalue weighted by atomic mass is 10.3. The lowest BCUT2D eigenvalue weighted by molar-refractivity contribution is 0.181. The van der Waals surface area contributed by atoms with Gasteiger partial charge in [-0.3, -0.25) is 5.10 Å². The second-order valence-electron chi connectivity index (χ2n) is 3.56. The molecule has 0 saturated heterocycles. The maximum Gasteiger partial charge on any atom is 0.144 e. The maximum absolute atomic E-state index is 5.31.